The fourth-order valence-corrected chi connectivity index (χ4v) is 5.25. The molecule has 0 atom stereocenters. The fourth-order valence-electron chi connectivity index (χ4n) is 5.25. The Kier molecular flexibility index (Phi) is 5.03. The molecule has 2 aliphatic rings. The molecule has 1 aromatic heterocycles. The molecule has 5 nitrogen and oxygen atoms in total. The maximum atomic E-state index is 14.4. The number of ether oxygens (including phenoxy) is 1. The van der Waals surface area contributed by atoms with Gasteiger partial charge in [-0.2, -0.15) is 0 Å². The van der Waals surface area contributed by atoms with Gasteiger partial charge in [0.2, 0.25) is 0 Å². The second-order valence-corrected chi connectivity index (χ2v) is 8.88. The molecular formula is C28H23FN2O3. The van der Waals surface area contributed by atoms with Crippen molar-refractivity contribution in [2.24, 2.45) is 4.99 Å². The number of aromatic carboxylic acids is 1. The molecule has 2 aliphatic heterocycles. The van der Waals surface area contributed by atoms with Crippen LogP contribution in [0, 0.1) is 5.82 Å². The first kappa shape index (κ1) is 20.8. The van der Waals surface area contributed by atoms with Crippen LogP contribution in [0.25, 0.3) is 27.7 Å². The van der Waals surface area contributed by atoms with Gasteiger partial charge in [0.1, 0.15) is 5.82 Å². The molecule has 6 rings (SSSR count). The zero-order valence-corrected chi connectivity index (χ0v) is 18.5. The standard InChI is InChI=1S/C28H23FN2O3/c29-22-2-1-3-23(14-22)31-25-13-21-16-30-15-20(21)12-24(25)26(27(31)18-8-10-34-11-9-18)17-4-6-19(7-5-17)28(32)33/h1-7,12-14,16,18H,8-11,15H2,(H,32,33). The molecule has 0 bridgehead atoms. The van der Waals surface area contributed by atoms with E-state index in [1.165, 1.54) is 6.07 Å². The first-order valence-corrected chi connectivity index (χ1v) is 11.5. The molecule has 0 unspecified atom stereocenters. The number of rotatable bonds is 4. The van der Waals surface area contributed by atoms with Crippen molar-refractivity contribution in [3.8, 4) is 16.8 Å². The zero-order chi connectivity index (χ0) is 23.2. The summed E-state index contributed by atoms with van der Waals surface area (Å²) >= 11 is 0. The molecule has 170 valence electrons. The van der Waals surface area contributed by atoms with Gasteiger partial charge in [0, 0.05) is 47.7 Å². The predicted octanol–water partition coefficient (Wildman–Crippen LogP) is 5.96. The van der Waals surface area contributed by atoms with Gasteiger partial charge < -0.3 is 14.4 Å². The molecule has 34 heavy (non-hydrogen) atoms. The van der Waals surface area contributed by atoms with E-state index in [2.05, 4.69) is 21.7 Å². The third kappa shape index (κ3) is 3.42. The van der Waals surface area contributed by atoms with Crippen LogP contribution in [0.4, 0.5) is 4.39 Å². The highest BCUT2D eigenvalue weighted by Crippen LogP contribution is 2.44. The van der Waals surface area contributed by atoms with E-state index in [4.69, 9.17) is 4.74 Å². The summed E-state index contributed by atoms with van der Waals surface area (Å²) in [4.78, 5) is 15.9. The number of carbonyl (C=O) groups is 1. The normalized spacial score (nSPS) is 15.7. The lowest BCUT2D eigenvalue weighted by Crippen LogP contribution is -2.17. The second-order valence-electron chi connectivity index (χ2n) is 8.88. The lowest BCUT2D eigenvalue weighted by Gasteiger charge is -2.26. The third-order valence-corrected chi connectivity index (χ3v) is 6.85. The molecule has 1 fully saturated rings. The molecule has 1 N–H and O–H groups in total. The molecule has 0 spiro atoms. The van der Waals surface area contributed by atoms with Crippen molar-refractivity contribution >= 4 is 23.1 Å². The average Bonchev–Trinajstić information content (AvgIpc) is 3.45. The minimum atomic E-state index is -0.951. The highest BCUT2D eigenvalue weighted by Gasteiger charge is 2.29. The number of halogens is 1. The Hall–Kier alpha value is -3.77. The Morgan fingerprint density at radius 3 is 2.59 bits per heavy atom. The predicted molar refractivity (Wildman–Crippen MR) is 130 cm³/mol. The summed E-state index contributed by atoms with van der Waals surface area (Å²) in [6.45, 7) is 1.99. The number of carboxylic acid groups (broad SMARTS) is 1. The Labute approximate surface area is 196 Å². The summed E-state index contributed by atoms with van der Waals surface area (Å²) in [6.07, 6.45) is 3.63. The van der Waals surface area contributed by atoms with Crippen LogP contribution in [0.5, 0.6) is 0 Å². The van der Waals surface area contributed by atoms with Gasteiger partial charge >= 0.3 is 5.97 Å². The maximum absolute atomic E-state index is 14.4. The fraction of sp³-hybridized carbons (Fsp3) is 0.214. The summed E-state index contributed by atoms with van der Waals surface area (Å²) in [5.41, 5.74) is 7.39. The molecule has 4 aromatic rings. The first-order chi connectivity index (χ1) is 16.6. The summed E-state index contributed by atoms with van der Waals surface area (Å²) in [6, 6.07) is 18.1. The Bertz CT molecular complexity index is 1450. The van der Waals surface area contributed by atoms with E-state index in [0.717, 1.165) is 57.4 Å². The Morgan fingerprint density at radius 2 is 1.85 bits per heavy atom. The molecule has 3 heterocycles. The smallest absolute Gasteiger partial charge is 0.335 e. The summed E-state index contributed by atoms with van der Waals surface area (Å²) in [5.74, 6) is -1.01. The highest BCUT2D eigenvalue weighted by atomic mass is 19.1. The lowest BCUT2D eigenvalue weighted by molar-refractivity contribution is 0.0697. The van der Waals surface area contributed by atoms with Gasteiger partial charge in [-0.3, -0.25) is 4.99 Å². The molecule has 0 amide bonds. The van der Waals surface area contributed by atoms with Crippen molar-refractivity contribution in [1.29, 1.82) is 0 Å². The second kappa shape index (κ2) is 8.22. The van der Waals surface area contributed by atoms with E-state index >= 15 is 0 Å². The number of fused-ring (bicyclic) bond motifs is 2. The minimum absolute atomic E-state index is 0.224. The Balaban J connectivity index is 1.70. The molecule has 0 aliphatic carbocycles. The van der Waals surface area contributed by atoms with E-state index in [-0.39, 0.29) is 17.3 Å². The van der Waals surface area contributed by atoms with Crippen LogP contribution in [0.2, 0.25) is 0 Å². The number of nitrogens with zero attached hydrogens (tertiary/aromatic N) is 2. The minimum Gasteiger partial charge on any atom is -0.478 e. The quantitative estimate of drug-likeness (QED) is 0.414. The maximum Gasteiger partial charge on any atom is 0.335 e. The number of aliphatic imine (C=N–C) groups is 1. The van der Waals surface area contributed by atoms with Crippen molar-refractivity contribution in [3.63, 3.8) is 0 Å². The van der Waals surface area contributed by atoms with Crippen LogP contribution < -0.4 is 0 Å². The molecule has 0 radical (unpaired) electrons. The zero-order valence-electron chi connectivity index (χ0n) is 18.5. The van der Waals surface area contributed by atoms with Crippen molar-refractivity contribution in [2.45, 2.75) is 25.3 Å². The molecule has 1 saturated heterocycles. The van der Waals surface area contributed by atoms with Gasteiger partial charge in [-0.15, -0.1) is 0 Å². The van der Waals surface area contributed by atoms with Gasteiger partial charge in [0.15, 0.2) is 0 Å². The molecule has 6 heteroatoms. The van der Waals surface area contributed by atoms with Crippen molar-refractivity contribution in [1.82, 2.24) is 4.57 Å². The van der Waals surface area contributed by atoms with Crippen LogP contribution in [-0.2, 0) is 11.3 Å². The van der Waals surface area contributed by atoms with Crippen LogP contribution >= 0.6 is 0 Å². The van der Waals surface area contributed by atoms with E-state index < -0.39 is 5.97 Å². The number of hydrogen-bond donors (Lipinski definition) is 1. The van der Waals surface area contributed by atoms with Crippen molar-refractivity contribution in [2.75, 3.05) is 13.2 Å². The number of aromatic nitrogens is 1. The lowest BCUT2D eigenvalue weighted by atomic mass is 9.89. The first-order valence-electron chi connectivity index (χ1n) is 11.5. The van der Waals surface area contributed by atoms with E-state index in [9.17, 15) is 14.3 Å². The number of carboxylic acids is 1. The largest absolute Gasteiger partial charge is 0.478 e. The topological polar surface area (TPSA) is 63.8 Å². The molecule has 0 saturated carbocycles. The highest BCUT2D eigenvalue weighted by molar-refractivity contribution is 6.03. The number of benzene rings is 3. The van der Waals surface area contributed by atoms with Crippen molar-refractivity contribution < 1.29 is 19.0 Å². The summed E-state index contributed by atoms with van der Waals surface area (Å²) in [7, 11) is 0. The van der Waals surface area contributed by atoms with E-state index in [1.54, 1.807) is 24.3 Å². The summed E-state index contributed by atoms with van der Waals surface area (Å²) < 4.78 is 22.2. The van der Waals surface area contributed by atoms with Gasteiger partial charge in [0.05, 0.1) is 17.6 Å². The van der Waals surface area contributed by atoms with Crippen LogP contribution in [0.3, 0.4) is 0 Å². The average molecular weight is 455 g/mol. The van der Waals surface area contributed by atoms with Crippen LogP contribution in [0.1, 0.15) is 45.9 Å². The van der Waals surface area contributed by atoms with Gasteiger partial charge in [-0.25, -0.2) is 9.18 Å². The molecular weight excluding hydrogens is 431 g/mol. The van der Waals surface area contributed by atoms with E-state index in [1.807, 2.05) is 24.4 Å². The summed E-state index contributed by atoms with van der Waals surface area (Å²) in [5, 5.41) is 10.5. The Morgan fingerprint density at radius 1 is 1.06 bits per heavy atom. The van der Waals surface area contributed by atoms with Crippen molar-refractivity contribution in [3.05, 3.63) is 88.9 Å². The molecule has 3 aromatic carbocycles. The van der Waals surface area contributed by atoms with Crippen LogP contribution in [0.15, 0.2) is 65.7 Å². The van der Waals surface area contributed by atoms with Gasteiger partial charge in [-0.1, -0.05) is 18.2 Å². The monoisotopic (exact) mass is 454 g/mol. The number of hydrogen-bond acceptors (Lipinski definition) is 3. The SMILES string of the molecule is O=C(O)c1ccc(-c2c(C3CCOCC3)n(-c3cccc(F)c3)c3cc4c(cc23)CN=C4)cc1. The van der Waals surface area contributed by atoms with Crippen LogP contribution in [-0.4, -0.2) is 35.1 Å². The van der Waals surface area contributed by atoms with Gasteiger partial charge in [-0.05, 0) is 72.0 Å². The third-order valence-electron chi connectivity index (χ3n) is 6.85. The van der Waals surface area contributed by atoms with E-state index in [0.29, 0.717) is 19.8 Å². The van der Waals surface area contributed by atoms with Gasteiger partial charge in [0.25, 0.3) is 0 Å².